The maximum atomic E-state index is 4.33. The van der Waals surface area contributed by atoms with E-state index < -0.39 is 0 Å². The molecule has 0 atom stereocenters. The van der Waals surface area contributed by atoms with Gasteiger partial charge in [-0.25, -0.2) is 9.13 Å². The third-order valence-corrected chi connectivity index (χ3v) is 7.00. The van der Waals surface area contributed by atoms with Crippen molar-refractivity contribution in [1.29, 1.82) is 0 Å². The summed E-state index contributed by atoms with van der Waals surface area (Å²) in [6, 6.07) is 16.8. The molecule has 4 rings (SSSR count). The molecule has 8 heteroatoms. The molecule has 2 aromatic carbocycles. The number of benzene rings is 2. The highest BCUT2D eigenvalue weighted by atomic mass is 32.1. The van der Waals surface area contributed by atoms with E-state index >= 15 is 0 Å². The van der Waals surface area contributed by atoms with Gasteiger partial charge in [0.2, 0.25) is 0 Å². The summed E-state index contributed by atoms with van der Waals surface area (Å²) >= 11 is 3.16. The zero-order valence-corrected chi connectivity index (χ0v) is 20.6. The molecule has 168 valence electrons. The standard InChI is InChI=1S/C25H28N6S2/c1-30-16-18-32-24(30)28-26-22-12-8-20(9-13-22)6-4-3-5-7-21-10-14-23(15-11-21)27-29-25-31(2)17-19-33-25/h8-19H,3-7H2,1-2H3/q+2. The van der Waals surface area contributed by atoms with Gasteiger partial charge in [-0.15, -0.1) is 0 Å². The SMILES string of the molecule is C[n+]1ccsc1N=Nc1ccc(CCCCCc2ccc(N=Nc3scc[n+]3C)cc2)cc1. The Labute approximate surface area is 202 Å². The Kier molecular flexibility index (Phi) is 8.16. The van der Waals surface area contributed by atoms with Gasteiger partial charge in [-0.05, 0) is 94.0 Å². The second-order valence-corrected chi connectivity index (χ2v) is 9.63. The molecule has 6 nitrogen and oxygen atoms in total. The smallest absolute Gasteiger partial charge is 0.222 e. The summed E-state index contributed by atoms with van der Waals surface area (Å²) < 4.78 is 3.93. The van der Waals surface area contributed by atoms with Gasteiger partial charge in [-0.2, -0.15) is 0 Å². The normalized spacial score (nSPS) is 11.7. The number of aromatic nitrogens is 2. The van der Waals surface area contributed by atoms with E-state index in [0.717, 1.165) is 34.5 Å². The first-order valence-corrected chi connectivity index (χ1v) is 12.8. The number of unbranched alkanes of at least 4 members (excludes halogenated alkanes) is 2. The first-order valence-electron chi connectivity index (χ1n) is 11.0. The fourth-order valence-electron chi connectivity index (χ4n) is 3.34. The van der Waals surface area contributed by atoms with Crippen molar-refractivity contribution in [3.8, 4) is 0 Å². The maximum absolute atomic E-state index is 4.33. The summed E-state index contributed by atoms with van der Waals surface area (Å²) in [5, 5.41) is 23.1. The van der Waals surface area contributed by atoms with Crippen molar-refractivity contribution in [2.24, 2.45) is 34.6 Å². The summed E-state index contributed by atoms with van der Waals surface area (Å²) in [5.41, 5.74) is 4.48. The Balaban J connectivity index is 1.16. The minimum atomic E-state index is 0.888. The molecule has 4 aromatic rings. The van der Waals surface area contributed by atoms with Gasteiger partial charge in [0.1, 0.15) is 23.8 Å². The van der Waals surface area contributed by atoms with Gasteiger partial charge in [0.25, 0.3) is 0 Å². The Morgan fingerprint density at radius 1 is 0.576 bits per heavy atom. The van der Waals surface area contributed by atoms with E-state index in [1.54, 1.807) is 22.7 Å². The van der Waals surface area contributed by atoms with Crippen LogP contribution in [0.2, 0.25) is 0 Å². The molecule has 33 heavy (non-hydrogen) atoms. The van der Waals surface area contributed by atoms with Crippen LogP contribution in [0, 0.1) is 0 Å². The number of thiazole rings is 2. The van der Waals surface area contributed by atoms with Crippen molar-refractivity contribution >= 4 is 44.3 Å². The highest BCUT2D eigenvalue weighted by molar-refractivity contribution is 7.13. The van der Waals surface area contributed by atoms with Gasteiger partial charge < -0.3 is 0 Å². The summed E-state index contributed by atoms with van der Waals surface area (Å²) in [7, 11) is 3.95. The van der Waals surface area contributed by atoms with Crippen molar-refractivity contribution < 1.29 is 9.13 Å². The third kappa shape index (κ3) is 6.94. The van der Waals surface area contributed by atoms with Gasteiger partial charge in [-0.3, -0.25) is 0 Å². The van der Waals surface area contributed by atoms with Crippen LogP contribution in [0.25, 0.3) is 0 Å². The molecule has 2 heterocycles. The van der Waals surface area contributed by atoms with Crippen molar-refractivity contribution in [2.45, 2.75) is 32.1 Å². The number of aryl methyl sites for hydroxylation is 4. The van der Waals surface area contributed by atoms with Gasteiger partial charge >= 0.3 is 10.3 Å². The molecule has 0 aliphatic heterocycles. The molecular formula is C25H28N6S2+2. The lowest BCUT2D eigenvalue weighted by molar-refractivity contribution is -0.654. The van der Waals surface area contributed by atoms with Crippen molar-refractivity contribution in [3.05, 3.63) is 82.8 Å². The Morgan fingerprint density at radius 2 is 1.00 bits per heavy atom. The molecule has 0 aliphatic rings. The number of azo groups is 2. The zero-order valence-electron chi connectivity index (χ0n) is 19.0. The maximum Gasteiger partial charge on any atom is 0.408 e. The molecule has 0 N–H and O–H groups in total. The fraction of sp³-hybridized carbons (Fsp3) is 0.280. The van der Waals surface area contributed by atoms with Crippen LogP contribution in [-0.4, -0.2) is 0 Å². The molecule has 2 aromatic heterocycles. The van der Waals surface area contributed by atoms with Crippen LogP contribution in [0.5, 0.6) is 0 Å². The van der Waals surface area contributed by atoms with Crippen molar-refractivity contribution in [1.82, 2.24) is 0 Å². The second-order valence-electron chi connectivity index (χ2n) is 7.89. The van der Waals surface area contributed by atoms with E-state index in [0.29, 0.717) is 0 Å². The van der Waals surface area contributed by atoms with Crippen molar-refractivity contribution in [2.75, 3.05) is 0 Å². The molecule has 0 aliphatic carbocycles. The highest BCUT2D eigenvalue weighted by Gasteiger charge is 2.08. The summed E-state index contributed by atoms with van der Waals surface area (Å²) in [4.78, 5) is 0. The molecule has 0 bridgehead atoms. The zero-order chi connectivity index (χ0) is 22.9. The molecule has 0 radical (unpaired) electrons. The van der Waals surface area contributed by atoms with Crippen LogP contribution >= 0.6 is 22.7 Å². The average molecular weight is 477 g/mol. The minimum absolute atomic E-state index is 0.888. The second kappa shape index (κ2) is 11.7. The first-order chi connectivity index (χ1) is 16.2. The summed E-state index contributed by atoms with van der Waals surface area (Å²) in [5.74, 6) is 0. The summed E-state index contributed by atoms with van der Waals surface area (Å²) in [6.45, 7) is 0. The first kappa shape index (κ1) is 23.1. The molecule has 0 amide bonds. The molecule has 0 spiro atoms. The molecular weight excluding hydrogens is 448 g/mol. The van der Waals surface area contributed by atoms with E-state index in [-0.39, 0.29) is 0 Å². The van der Waals surface area contributed by atoms with Crippen LogP contribution in [0.4, 0.5) is 21.6 Å². The van der Waals surface area contributed by atoms with Gasteiger partial charge in [0.05, 0.1) is 24.3 Å². The average Bonchev–Trinajstić information content (AvgIpc) is 3.45. The largest absolute Gasteiger partial charge is 0.408 e. The number of rotatable bonds is 10. The number of hydrogen-bond acceptors (Lipinski definition) is 6. The lowest BCUT2D eigenvalue weighted by Gasteiger charge is -2.03. The molecule has 0 fully saturated rings. The van der Waals surface area contributed by atoms with Crippen LogP contribution in [-0.2, 0) is 26.9 Å². The van der Waals surface area contributed by atoms with E-state index in [4.69, 9.17) is 0 Å². The lowest BCUT2D eigenvalue weighted by Crippen LogP contribution is -2.23. The van der Waals surface area contributed by atoms with Crippen LogP contribution in [0.1, 0.15) is 30.4 Å². The number of hydrogen-bond donors (Lipinski definition) is 0. The number of nitrogens with zero attached hydrogens (tertiary/aromatic N) is 6. The van der Waals surface area contributed by atoms with Gasteiger partial charge in [-0.1, -0.05) is 30.7 Å². The molecule has 0 saturated heterocycles. The van der Waals surface area contributed by atoms with E-state index in [9.17, 15) is 0 Å². The topological polar surface area (TPSA) is 57.2 Å². The molecule has 0 unspecified atom stereocenters. The van der Waals surface area contributed by atoms with E-state index in [2.05, 4.69) is 44.7 Å². The molecule has 0 saturated carbocycles. The highest BCUT2D eigenvalue weighted by Crippen LogP contribution is 2.21. The van der Waals surface area contributed by atoms with Crippen LogP contribution < -0.4 is 9.13 Å². The minimum Gasteiger partial charge on any atom is -0.222 e. The van der Waals surface area contributed by atoms with E-state index in [1.165, 1.54) is 30.4 Å². The quantitative estimate of drug-likeness (QED) is 0.132. The van der Waals surface area contributed by atoms with Gasteiger partial charge in [0, 0.05) is 10.8 Å². The van der Waals surface area contributed by atoms with E-state index in [1.807, 2.05) is 70.6 Å². The Bertz CT molecular complexity index is 1110. The van der Waals surface area contributed by atoms with Crippen molar-refractivity contribution in [3.63, 3.8) is 0 Å². The Morgan fingerprint density at radius 3 is 1.36 bits per heavy atom. The van der Waals surface area contributed by atoms with Crippen LogP contribution in [0.15, 0.2) is 92.1 Å². The van der Waals surface area contributed by atoms with Crippen LogP contribution in [0.3, 0.4) is 0 Å². The predicted molar refractivity (Wildman–Crippen MR) is 133 cm³/mol. The fourth-order valence-corrected chi connectivity index (χ4v) is 4.70. The monoisotopic (exact) mass is 476 g/mol. The lowest BCUT2D eigenvalue weighted by atomic mass is 10.0. The third-order valence-electron chi connectivity index (χ3n) is 5.32. The summed E-state index contributed by atoms with van der Waals surface area (Å²) in [6.07, 6.45) is 9.75. The van der Waals surface area contributed by atoms with Gasteiger partial charge in [0.15, 0.2) is 0 Å². The predicted octanol–water partition coefficient (Wildman–Crippen LogP) is 7.24. The Hall–Kier alpha value is -3.10.